The summed E-state index contributed by atoms with van der Waals surface area (Å²) in [5.74, 6) is -0.497. The van der Waals surface area contributed by atoms with Crippen molar-refractivity contribution in [3.05, 3.63) is 28.7 Å². The number of nitrogens with one attached hydrogen (secondary N) is 1. The van der Waals surface area contributed by atoms with Crippen LogP contribution in [-0.2, 0) is 16.1 Å². The molecule has 1 aromatic rings. The van der Waals surface area contributed by atoms with Crippen LogP contribution in [-0.4, -0.2) is 27.5 Å². The summed E-state index contributed by atoms with van der Waals surface area (Å²) in [6.45, 7) is 4.94. The lowest BCUT2D eigenvalue weighted by molar-refractivity contribution is -0.128. The topological polar surface area (TPSA) is 81.1 Å². The van der Waals surface area contributed by atoms with Crippen LogP contribution in [0.25, 0.3) is 0 Å². The van der Waals surface area contributed by atoms with Crippen molar-refractivity contribution >= 4 is 11.7 Å². The largest absolute Gasteiger partial charge is 0.344 e. The second-order valence-corrected chi connectivity index (χ2v) is 4.42. The molecule has 1 amide bonds. The van der Waals surface area contributed by atoms with Crippen molar-refractivity contribution in [3.8, 4) is 0 Å². The van der Waals surface area contributed by atoms with E-state index in [9.17, 15) is 14.4 Å². The Morgan fingerprint density at radius 2 is 2.11 bits per heavy atom. The summed E-state index contributed by atoms with van der Waals surface area (Å²) in [6.07, 6.45) is 1.43. The molecule has 0 saturated heterocycles. The summed E-state index contributed by atoms with van der Waals surface area (Å²) >= 11 is 0. The molecule has 0 aliphatic rings. The average molecular weight is 251 g/mol. The molecule has 98 valence electrons. The summed E-state index contributed by atoms with van der Waals surface area (Å²) in [7, 11) is 0. The van der Waals surface area contributed by atoms with Crippen molar-refractivity contribution in [1.29, 1.82) is 0 Å². The van der Waals surface area contributed by atoms with Crippen molar-refractivity contribution in [2.24, 2.45) is 5.92 Å². The van der Waals surface area contributed by atoms with Crippen LogP contribution in [0.5, 0.6) is 0 Å². The van der Waals surface area contributed by atoms with Gasteiger partial charge in [-0.1, -0.05) is 13.8 Å². The number of aromatic nitrogens is 2. The minimum Gasteiger partial charge on any atom is -0.344 e. The van der Waals surface area contributed by atoms with E-state index in [-0.39, 0.29) is 23.8 Å². The quantitative estimate of drug-likeness (QED) is 0.797. The normalized spacial score (nSPS) is 12.2. The lowest BCUT2D eigenvalue weighted by Crippen LogP contribution is -2.45. The number of Topliss-reactive ketones (excluding diaryl/α,β-unsaturated/α-hetero) is 1. The molecule has 1 unspecified atom stereocenters. The summed E-state index contributed by atoms with van der Waals surface area (Å²) in [6, 6.07) is 2.30. The Morgan fingerprint density at radius 3 is 2.61 bits per heavy atom. The van der Waals surface area contributed by atoms with Gasteiger partial charge < -0.3 is 5.32 Å². The van der Waals surface area contributed by atoms with E-state index < -0.39 is 11.9 Å². The van der Waals surface area contributed by atoms with Crippen LogP contribution < -0.4 is 10.9 Å². The van der Waals surface area contributed by atoms with Gasteiger partial charge in [-0.3, -0.25) is 14.4 Å². The van der Waals surface area contributed by atoms with Gasteiger partial charge in [-0.05, 0) is 18.9 Å². The van der Waals surface area contributed by atoms with Gasteiger partial charge >= 0.3 is 0 Å². The number of rotatable bonds is 5. The molecule has 1 aromatic heterocycles. The first-order valence-corrected chi connectivity index (χ1v) is 5.73. The van der Waals surface area contributed by atoms with Gasteiger partial charge in [-0.15, -0.1) is 0 Å². The third-order valence-electron chi connectivity index (χ3n) is 2.50. The molecule has 1 heterocycles. The molecule has 0 radical (unpaired) electrons. The number of carbonyl (C=O) groups is 2. The second kappa shape index (κ2) is 6.09. The lowest BCUT2D eigenvalue weighted by Gasteiger charge is -2.19. The Bertz CT molecular complexity index is 493. The summed E-state index contributed by atoms with van der Waals surface area (Å²) < 4.78 is 1.05. The molecule has 0 bridgehead atoms. The Hall–Kier alpha value is -1.98. The number of ketones is 1. The highest BCUT2D eigenvalue weighted by molar-refractivity contribution is 5.87. The molecule has 0 fully saturated rings. The molecule has 1 N–H and O–H groups in total. The van der Waals surface area contributed by atoms with Crippen LogP contribution in [0.15, 0.2) is 23.1 Å². The van der Waals surface area contributed by atoms with E-state index in [0.29, 0.717) is 0 Å². The van der Waals surface area contributed by atoms with E-state index >= 15 is 0 Å². The first-order chi connectivity index (χ1) is 8.41. The number of nitrogens with zero attached hydrogens (tertiary/aromatic N) is 2. The minimum absolute atomic E-state index is 0.00639. The minimum atomic E-state index is -0.531. The molecule has 0 aliphatic heterocycles. The Kier molecular flexibility index (Phi) is 4.76. The molecule has 0 saturated carbocycles. The van der Waals surface area contributed by atoms with E-state index in [4.69, 9.17) is 0 Å². The van der Waals surface area contributed by atoms with Crippen LogP contribution in [0.1, 0.15) is 20.8 Å². The third-order valence-corrected chi connectivity index (χ3v) is 2.50. The average Bonchev–Trinajstić information content (AvgIpc) is 2.28. The van der Waals surface area contributed by atoms with Gasteiger partial charge in [-0.25, -0.2) is 4.68 Å². The van der Waals surface area contributed by atoms with Crippen molar-refractivity contribution in [2.45, 2.75) is 33.4 Å². The first-order valence-electron chi connectivity index (χ1n) is 5.73. The van der Waals surface area contributed by atoms with Crippen molar-refractivity contribution < 1.29 is 9.59 Å². The fourth-order valence-electron chi connectivity index (χ4n) is 1.60. The van der Waals surface area contributed by atoms with E-state index in [1.165, 1.54) is 25.3 Å². The van der Waals surface area contributed by atoms with E-state index in [2.05, 4.69) is 10.4 Å². The molecule has 6 heteroatoms. The van der Waals surface area contributed by atoms with Gasteiger partial charge in [0.1, 0.15) is 6.54 Å². The summed E-state index contributed by atoms with van der Waals surface area (Å²) in [5.41, 5.74) is -0.350. The SMILES string of the molecule is CC(=O)C(NC(=O)Cn1ncccc1=O)C(C)C. The Labute approximate surface area is 105 Å². The molecular formula is C12H17N3O3. The standard InChI is InChI=1S/C12H17N3O3/c1-8(2)12(9(3)16)14-10(17)7-15-11(18)5-4-6-13-15/h4-6,8,12H,7H2,1-3H3,(H,14,17). The zero-order chi connectivity index (χ0) is 13.7. The van der Waals surface area contributed by atoms with Crippen molar-refractivity contribution in [2.75, 3.05) is 0 Å². The fourth-order valence-corrected chi connectivity index (χ4v) is 1.60. The van der Waals surface area contributed by atoms with E-state index in [0.717, 1.165) is 4.68 Å². The maximum absolute atomic E-state index is 11.7. The van der Waals surface area contributed by atoms with Crippen molar-refractivity contribution in [1.82, 2.24) is 15.1 Å². The molecule has 0 aliphatic carbocycles. The second-order valence-electron chi connectivity index (χ2n) is 4.42. The summed E-state index contributed by atoms with van der Waals surface area (Å²) in [4.78, 5) is 34.4. The zero-order valence-corrected chi connectivity index (χ0v) is 10.7. The number of amides is 1. The fraction of sp³-hybridized carbons (Fsp3) is 0.500. The van der Waals surface area contributed by atoms with Crippen LogP contribution in [0.2, 0.25) is 0 Å². The lowest BCUT2D eigenvalue weighted by atomic mass is 10.0. The van der Waals surface area contributed by atoms with E-state index in [1.54, 1.807) is 0 Å². The van der Waals surface area contributed by atoms with Gasteiger partial charge in [0.15, 0.2) is 5.78 Å². The predicted octanol–water partition coefficient (Wildman–Crippen LogP) is -0.0269. The number of hydrogen-bond acceptors (Lipinski definition) is 4. The van der Waals surface area contributed by atoms with Gasteiger partial charge in [0.2, 0.25) is 5.91 Å². The Balaban J connectivity index is 2.70. The highest BCUT2D eigenvalue weighted by Crippen LogP contribution is 2.02. The molecule has 18 heavy (non-hydrogen) atoms. The Morgan fingerprint density at radius 1 is 1.44 bits per heavy atom. The third kappa shape index (κ3) is 3.80. The smallest absolute Gasteiger partial charge is 0.267 e. The maximum Gasteiger partial charge on any atom is 0.267 e. The van der Waals surface area contributed by atoms with Gasteiger partial charge in [-0.2, -0.15) is 5.10 Å². The maximum atomic E-state index is 11.7. The summed E-state index contributed by atoms with van der Waals surface area (Å²) in [5, 5.41) is 6.38. The van der Waals surface area contributed by atoms with Crippen LogP contribution in [0.3, 0.4) is 0 Å². The van der Waals surface area contributed by atoms with Gasteiger partial charge in [0.25, 0.3) is 5.56 Å². The molecule has 1 rings (SSSR count). The van der Waals surface area contributed by atoms with Gasteiger partial charge in [0.05, 0.1) is 6.04 Å². The van der Waals surface area contributed by atoms with E-state index in [1.807, 2.05) is 13.8 Å². The molecule has 0 aromatic carbocycles. The van der Waals surface area contributed by atoms with Crippen LogP contribution in [0, 0.1) is 5.92 Å². The van der Waals surface area contributed by atoms with Crippen LogP contribution >= 0.6 is 0 Å². The number of hydrogen-bond donors (Lipinski definition) is 1. The highest BCUT2D eigenvalue weighted by Gasteiger charge is 2.20. The van der Waals surface area contributed by atoms with Crippen molar-refractivity contribution in [3.63, 3.8) is 0 Å². The van der Waals surface area contributed by atoms with Gasteiger partial charge in [0, 0.05) is 12.3 Å². The monoisotopic (exact) mass is 251 g/mol. The predicted molar refractivity (Wildman–Crippen MR) is 65.9 cm³/mol. The first kappa shape index (κ1) is 14.1. The number of carbonyl (C=O) groups excluding carboxylic acids is 2. The molecule has 0 spiro atoms. The highest BCUT2D eigenvalue weighted by atomic mass is 16.2. The molecule has 1 atom stereocenters. The molecular weight excluding hydrogens is 234 g/mol. The molecule has 6 nitrogen and oxygen atoms in total. The zero-order valence-electron chi connectivity index (χ0n) is 10.7. The van der Waals surface area contributed by atoms with Crippen LogP contribution in [0.4, 0.5) is 0 Å².